The third kappa shape index (κ3) is 3.69. The maximum absolute atomic E-state index is 11.1. The van der Waals surface area contributed by atoms with Crippen molar-refractivity contribution in [3.05, 3.63) is 24.3 Å². The summed E-state index contributed by atoms with van der Waals surface area (Å²) in [6.45, 7) is 1.28. The van der Waals surface area contributed by atoms with E-state index in [1.807, 2.05) is 0 Å². The highest BCUT2D eigenvalue weighted by molar-refractivity contribution is 7.89. The van der Waals surface area contributed by atoms with Crippen molar-refractivity contribution in [2.24, 2.45) is 5.14 Å². The van der Waals surface area contributed by atoms with Gasteiger partial charge in [-0.1, -0.05) is 0 Å². The van der Waals surface area contributed by atoms with Crippen LogP contribution in [0.2, 0.25) is 0 Å². The van der Waals surface area contributed by atoms with Crippen molar-refractivity contribution in [1.82, 2.24) is 0 Å². The summed E-state index contributed by atoms with van der Waals surface area (Å²) in [5.41, 5.74) is 0. The second-order valence-corrected chi connectivity index (χ2v) is 5.88. The zero-order chi connectivity index (χ0) is 13.0. The fourth-order valence-corrected chi connectivity index (χ4v) is 2.37. The Hall–Kier alpha value is -1.11. The number of primary sulfonamides is 1. The Morgan fingerprint density at radius 3 is 2.56 bits per heavy atom. The molecule has 0 aromatic heterocycles. The van der Waals surface area contributed by atoms with Crippen LogP contribution < -0.4 is 9.88 Å². The highest BCUT2D eigenvalue weighted by Gasteiger charge is 2.14. The number of benzene rings is 1. The predicted molar refractivity (Wildman–Crippen MR) is 66.9 cm³/mol. The SMILES string of the molecule is NS(=O)(=O)c1ccc(OCC2CCCCO2)cc1. The molecule has 1 saturated heterocycles. The van der Waals surface area contributed by atoms with Gasteiger partial charge in [0.05, 0.1) is 11.0 Å². The maximum Gasteiger partial charge on any atom is 0.238 e. The summed E-state index contributed by atoms with van der Waals surface area (Å²) in [4.78, 5) is 0.0868. The first-order valence-electron chi connectivity index (χ1n) is 5.93. The highest BCUT2D eigenvalue weighted by atomic mass is 32.2. The van der Waals surface area contributed by atoms with Crippen LogP contribution in [-0.2, 0) is 14.8 Å². The van der Waals surface area contributed by atoms with Crippen LogP contribution in [0.3, 0.4) is 0 Å². The minimum atomic E-state index is -3.64. The minimum Gasteiger partial charge on any atom is -0.491 e. The Bertz CT molecular complexity index is 477. The van der Waals surface area contributed by atoms with Crippen LogP contribution in [0.4, 0.5) is 0 Å². The first kappa shape index (κ1) is 13.3. The molecular formula is C12H17NO4S. The Kier molecular flexibility index (Phi) is 4.21. The van der Waals surface area contributed by atoms with Gasteiger partial charge in [-0.3, -0.25) is 0 Å². The van der Waals surface area contributed by atoms with Crippen LogP contribution in [0.15, 0.2) is 29.2 Å². The lowest BCUT2D eigenvalue weighted by atomic mass is 10.1. The molecule has 0 radical (unpaired) electrons. The van der Waals surface area contributed by atoms with E-state index in [0.717, 1.165) is 19.4 Å². The number of hydrogen-bond donors (Lipinski definition) is 1. The van der Waals surface area contributed by atoms with E-state index in [-0.39, 0.29) is 11.0 Å². The monoisotopic (exact) mass is 271 g/mol. The molecule has 0 spiro atoms. The van der Waals surface area contributed by atoms with Gasteiger partial charge < -0.3 is 9.47 Å². The van der Waals surface area contributed by atoms with Crippen molar-refractivity contribution >= 4 is 10.0 Å². The molecule has 18 heavy (non-hydrogen) atoms. The van der Waals surface area contributed by atoms with Crippen molar-refractivity contribution in [2.75, 3.05) is 13.2 Å². The van der Waals surface area contributed by atoms with Gasteiger partial charge in [-0.05, 0) is 43.5 Å². The lowest BCUT2D eigenvalue weighted by molar-refractivity contribution is -0.0110. The number of ether oxygens (including phenoxy) is 2. The zero-order valence-corrected chi connectivity index (χ0v) is 10.9. The smallest absolute Gasteiger partial charge is 0.238 e. The topological polar surface area (TPSA) is 78.6 Å². The van der Waals surface area contributed by atoms with Gasteiger partial charge >= 0.3 is 0 Å². The standard InChI is InChI=1S/C12H17NO4S/c13-18(14,15)12-6-4-10(5-7-12)17-9-11-3-1-2-8-16-11/h4-7,11H,1-3,8-9H2,(H2,13,14,15). The Labute approximate surface area is 107 Å². The van der Waals surface area contributed by atoms with E-state index in [1.54, 1.807) is 12.1 Å². The lowest BCUT2D eigenvalue weighted by Gasteiger charge is -2.22. The van der Waals surface area contributed by atoms with Gasteiger partial charge in [-0.15, -0.1) is 0 Å². The van der Waals surface area contributed by atoms with Crippen molar-refractivity contribution in [3.8, 4) is 5.75 Å². The van der Waals surface area contributed by atoms with Crippen molar-refractivity contribution in [3.63, 3.8) is 0 Å². The van der Waals surface area contributed by atoms with Gasteiger partial charge in [-0.2, -0.15) is 0 Å². The molecule has 1 unspecified atom stereocenters. The van der Waals surface area contributed by atoms with Gasteiger partial charge in [0.1, 0.15) is 12.4 Å². The summed E-state index contributed by atoms with van der Waals surface area (Å²) in [6.07, 6.45) is 3.42. The maximum atomic E-state index is 11.1. The van der Waals surface area contributed by atoms with Crippen LogP contribution in [0, 0.1) is 0 Å². The zero-order valence-electron chi connectivity index (χ0n) is 10.0. The molecule has 0 saturated carbocycles. The number of sulfonamides is 1. The lowest BCUT2D eigenvalue weighted by Crippen LogP contribution is -2.25. The van der Waals surface area contributed by atoms with Gasteiger partial charge in [0.25, 0.3) is 0 Å². The van der Waals surface area contributed by atoms with Gasteiger partial charge in [0, 0.05) is 6.61 Å². The molecule has 0 amide bonds. The molecule has 1 aromatic rings. The summed E-state index contributed by atoms with van der Waals surface area (Å²) < 4.78 is 33.2. The molecule has 2 N–H and O–H groups in total. The summed E-state index contributed by atoms with van der Waals surface area (Å²) >= 11 is 0. The van der Waals surface area contributed by atoms with Gasteiger partial charge in [-0.25, -0.2) is 13.6 Å². The molecule has 1 atom stereocenters. The first-order valence-corrected chi connectivity index (χ1v) is 7.47. The predicted octanol–water partition coefficient (Wildman–Crippen LogP) is 1.28. The van der Waals surface area contributed by atoms with Crippen LogP contribution >= 0.6 is 0 Å². The molecule has 100 valence electrons. The highest BCUT2D eigenvalue weighted by Crippen LogP contribution is 2.17. The quantitative estimate of drug-likeness (QED) is 0.894. The summed E-state index contributed by atoms with van der Waals surface area (Å²) in [6, 6.07) is 6.07. The van der Waals surface area contributed by atoms with E-state index in [1.165, 1.54) is 18.6 Å². The number of nitrogens with two attached hydrogens (primary N) is 1. The minimum absolute atomic E-state index is 0.0868. The molecule has 1 aliphatic rings. The summed E-state index contributed by atoms with van der Waals surface area (Å²) in [5, 5.41) is 5.01. The van der Waals surface area contributed by atoms with Crippen LogP contribution in [0.25, 0.3) is 0 Å². The molecule has 1 aromatic carbocycles. The van der Waals surface area contributed by atoms with E-state index in [0.29, 0.717) is 12.4 Å². The van der Waals surface area contributed by atoms with Crippen molar-refractivity contribution < 1.29 is 17.9 Å². The molecule has 1 fully saturated rings. The Morgan fingerprint density at radius 2 is 2.00 bits per heavy atom. The third-order valence-electron chi connectivity index (χ3n) is 2.86. The molecule has 0 aliphatic carbocycles. The summed E-state index contributed by atoms with van der Waals surface area (Å²) in [5.74, 6) is 0.622. The molecule has 0 bridgehead atoms. The Morgan fingerprint density at radius 1 is 1.28 bits per heavy atom. The molecule has 1 heterocycles. The molecule has 5 nitrogen and oxygen atoms in total. The average Bonchev–Trinajstić information content (AvgIpc) is 2.37. The van der Waals surface area contributed by atoms with E-state index >= 15 is 0 Å². The largest absolute Gasteiger partial charge is 0.491 e. The number of hydrogen-bond acceptors (Lipinski definition) is 4. The Balaban J connectivity index is 1.90. The molecule has 1 aliphatic heterocycles. The van der Waals surface area contributed by atoms with Crippen LogP contribution in [0.5, 0.6) is 5.75 Å². The average molecular weight is 271 g/mol. The van der Waals surface area contributed by atoms with Crippen molar-refractivity contribution in [1.29, 1.82) is 0 Å². The molecule has 6 heteroatoms. The fourth-order valence-electron chi connectivity index (χ4n) is 1.85. The van der Waals surface area contributed by atoms with E-state index < -0.39 is 10.0 Å². The van der Waals surface area contributed by atoms with Crippen LogP contribution in [0.1, 0.15) is 19.3 Å². The van der Waals surface area contributed by atoms with Gasteiger partial charge in [0.2, 0.25) is 10.0 Å². The third-order valence-corrected chi connectivity index (χ3v) is 3.79. The fraction of sp³-hybridized carbons (Fsp3) is 0.500. The second kappa shape index (κ2) is 5.69. The number of rotatable bonds is 4. The molecular weight excluding hydrogens is 254 g/mol. The summed E-state index contributed by atoms with van der Waals surface area (Å²) in [7, 11) is -3.64. The van der Waals surface area contributed by atoms with Crippen LogP contribution in [-0.4, -0.2) is 27.7 Å². The normalized spacial score (nSPS) is 20.6. The van der Waals surface area contributed by atoms with Crippen molar-refractivity contribution in [2.45, 2.75) is 30.3 Å². The van der Waals surface area contributed by atoms with E-state index in [4.69, 9.17) is 14.6 Å². The first-order chi connectivity index (χ1) is 8.55. The van der Waals surface area contributed by atoms with Gasteiger partial charge in [0.15, 0.2) is 0 Å². The second-order valence-electron chi connectivity index (χ2n) is 4.32. The molecule has 2 rings (SSSR count). The van der Waals surface area contributed by atoms with E-state index in [9.17, 15) is 8.42 Å². The van der Waals surface area contributed by atoms with E-state index in [2.05, 4.69) is 0 Å².